The number of pyridine rings is 1. The molecule has 3 aromatic heterocycles. The number of nitrogens with zero attached hydrogens (tertiary/aromatic N) is 4. The number of aromatic amines is 1. The average Bonchev–Trinajstić information content (AvgIpc) is 3.47. The Balaban J connectivity index is 1.28. The van der Waals surface area contributed by atoms with E-state index in [1.54, 1.807) is 12.4 Å². The van der Waals surface area contributed by atoms with Gasteiger partial charge in [-0.05, 0) is 35.7 Å². The van der Waals surface area contributed by atoms with Crippen LogP contribution in [-0.4, -0.2) is 37.5 Å². The van der Waals surface area contributed by atoms with Gasteiger partial charge in [-0.15, -0.1) is 0 Å². The van der Waals surface area contributed by atoms with Crippen LogP contribution in [0, 0.1) is 0 Å². The molecule has 1 N–H and O–H groups in total. The minimum atomic E-state index is 0.00547. The van der Waals surface area contributed by atoms with Gasteiger partial charge in [-0.3, -0.25) is 14.9 Å². The molecule has 5 rings (SSSR count). The van der Waals surface area contributed by atoms with Crippen LogP contribution in [0.2, 0.25) is 0 Å². The van der Waals surface area contributed by atoms with Gasteiger partial charge in [0.25, 0.3) is 5.91 Å². The van der Waals surface area contributed by atoms with Crippen LogP contribution < -0.4 is 0 Å². The molecule has 0 aliphatic carbocycles. The lowest BCUT2D eigenvalue weighted by Crippen LogP contribution is -2.35. The third kappa shape index (κ3) is 3.74. The molecule has 4 aromatic rings. The van der Waals surface area contributed by atoms with Crippen molar-refractivity contribution in [1.82, 2.24) is 25.1 Å². The lowest BCUT2D eigenvalue weighted by Gasteiger charge is -2.25. The van der Waals surface area contributed by atoms with E-state index in [9.17, 15) is 4.79 Å². The number of hydrogen-bond acceptors (Lipinski definition) is 5. The molecule has 0 unspecified atom stereocenters. The highest BCUT2D eigenvalue weighted by atomic mass is 16.4. The van der Waals surface area contributed by atoms with E-state index in [2.05, 4.69) is 20.2 Å². The Morgan fingerprint density at radius 3 is 2.93 bits per heavy atom. The number of nitrogens with one attached hydrogen (secondary N) is 1. The summed E-state index contributed by atoms with van der Waals surface area (Å²) in [6.45, 7) is 1.10. The van der Waals surface area contributed by atoms with Crippen molar-refractivity contribution < 1.29 is 9.21 Å². The SMILES string of the molecule is O=C(c1cccc(-c2cn[nH]c2)c1)N1CCc2oc(CCc3cccnc3)nc2C1. The molecular weight excluding hydrogens is 378 g/mol. The van der Waals surface area contributed by atoms with Crippen molar-refractivity contribution in [2.75, 3.05) is 6.54 Å². The predicted molar refractivity (Wildman–Crippen MR) is 111 cm³/mol. The van der Waals surface area contributed by atoms with E-state index in [0.29, 0.717) is 25.1 Å². The van der Waals surface area contributed by atoms with E-state index in [1.165, 1.54) is 0 Å². The van der Waals surface area contributed by atoms with E-state index in [4.69, 9.17) is 4.42 Å². The Morgan fingerprint density at radius 2 is 2.10 bits per heavy atom. The molecule has 0 saturated heterocycles. The van der Waals surface area contributed by atoms with Crippen LogP contribution in [0.25, 0.3) is 11.1 Å². The number of aryl methyl sites for hydroxylation is 2. The number of rotatable bonds is 5. The number of hydrogen-bond donors (Lipinski definition) is 1. The summed E-state index contributed by atoms with van der Waals surface area (Å²) in [7, 11) is 0. The molecule has 0 radical (unpaired) electrons. The van der Waals surface area contributed by atoms with Crippen LogP contribution in [-0.2, 0) is 25.8 Å². The molecule has 0 atom stereocenters. The fourth-order valence-electron chi connectivity index (χ4n) is 3.75. The molecule has 1 aromatic carbocycles. The summed E-state index contributed by atoms with van der Waals surface area (Å²) in [5, 5.41) is 6.79. The summed E-state index contributed by atoms with van der Waals surface area (Å²) in [6, 6.07) is 11.6. The first-order valence-corrected chi connectivity index (χ1v) is 10.0. The summed E-state index contributed by atoms with van der Waals surface area (Å²) < 4.78 is 5.95. The number of carbonyl (C=O) groups excluding carboxylic acids is 1. The summed E-state index contributed by atoms with van der Waals surface area (Å²) in [4.78, 5) is 23.7. The van der Waals surface area contributed by atoms with Crippen molar-refractivity contribution in [3.63, 3.8) is 0 Å². The Labute approximate surface area is 173 Å². The summed E-state index contributed by atoms with van der Waals surface area (Å²) >= 11 is 0. The lowest BCUT2D eigenvalue weighted by atomic mass is 10.0. The molecule has 0 saturated carbocycles. The van der Waals surface area contributed by atoms with Crippen molar-refractivity contribution in [2.45, 2.75) is 25.8 Å². The molecule has 7 nitrogen and oxygen atoms in total. The second-order valence-corrected chi connectivity index (χ2v) is 7.38. The quantitative estimate of drug-likeness (QED) is 0.555. The number of aromatic nitrogens is 4. The van der Waals surface area contributed by atoms with E-state index in [1.807, 2.05) is 53.7 Å². The van der Waals surface area contributed by atoms with Gasteiger partial charge >= 0.3 is 0 Å². The summed E-state index contributed by atoms with van der Waals surface area (Å²) in [5.41, 5.74) is 4.61. The predicted octanol–water partition coefficient (Wildman–Crippen LogP) is 3.44. The van der Waals surface area contributed by atoms with E-state index in [-0.39, 0.29) is 5.91 Å². The third-order valence-electron chi connectivity index (χ3n) is 5.35. The van der Waals surface area contributed by atoms with Gasteiger partial charge in [0.15, 0.2) is 5.89 Å². The van der Waals surface area contributed by atoms with E-state index < -0.39 is 0 Å². The van der Waals surface area contributed by atoms with Crippen LogP contribution in [0.3, 0.4) is 0 Å². The number of carbonyl (C=O) groups is 1. The van der Waals surface area contributed by atoms with Gasteiger partial charge in [-0.2, -0.15) is 5.10 Å². The topological polar surface area (TPSA) is 87.9 Å². The Bertz CT molecular complexity index is 1150. The maximum absolute atomic E-state index is 13.1. The molecule has 0 bridgehead atoms. The van der Waals surface area contributed by atoms with Crippen LogP contribution in [0.4, 0.5) is 0 Å². The minimum absolute atomic E-state index is 0.00547. The highest BCUT2D eigenvalue weighted by Crippen LogP contribution is 2.24. The first-order chi connectivity index (χ1) is 14.8. The normalized spacial score (nSPS) is 13.3. The van der Waals surface area contributed by atoms with Crippen LogP contribution in [0.15, 0.2) is 65.6 Å². The monoisotopic (exact) mass is 399 g/mol. The zero-order chi connectivity index (χ0) is 20.3. The second-order valence-electron chi connectivity index (χ2n) is 7.38. The average molecular weight is 399 g/mol. The molecule has 150 valence electrons. The second kappa shape index (κ2) is 7.94. The summed E-state index contributed by atoms with van der Waals surface area (Å²) in [6.07, 6.45) is 9.43. The number of H-pyrrole nitrogens is 1. The molecule has 0 spiro atoms. The maximum Gasteiger partial charge on any atom is 0.254 e. The van der Waals surface area contributed by atoms with Gasteiger partial charge < -0.3 is 9.32 Å². The zero-order valence-corrected chi connectivity index (χ0v) is 16.4. The standard InChI is InChI=1S/C23H21N5O2/c29-23(18-5-1-4-17(11-18)19-13-25-26-14-19)28-10-8-21-20(15-28)27-22(30-21)7-6-16-3-2-9-24-12-16/h1-5,9,11-14H,6-8,10,15H2,(H,25,26). The first kappa shape index (κ1) is 18.3. The Hall–Kier alpha value is -3.74. The summed E-state index contributed by atoms with van der Waals surface area (Å²) in [5.74, 6) is 1.62. The number of oxazole rings is 1. The van der Waals surface area contributed by atoms with Crippen molar-refractivity contribution >= 4 is 5.91 Å². The Kier molecular flexibility index (Phi) is 4.85. The fourth-order valence-corrected chi connectivity index (χ4v) is 3.75. The highest BCUT2D eigenvalue weighted by molar-refractivity contribution is 5.95. The van der Waals surface area contributed by atoms with Gasteiger partial charge in [-0.1, -0.05) is 18.2 Å². The molecular formula is C23H21N5O2. The van der Waals surface area contributed by atoms with Crippen LogP contribution in [0.5, 0.6) is 0 Å². The zero-order valence-electron chi connectivity index (χ0n) is 16.4. The van der Waals surface area contributed by atoms with Crippen molar-refractivity contribution in [3.05, 3.63) is 89.7 Å². The van der Waals surface area contributed by atoms with Gasteiger partial charge in [0, 0.05) is 49.1 Å². The maximum atomic E-state index is 13.1. The van der Waals surface area contributed by atoms with Gasteiger partial charge in [0.1, 0.15) is 11.5 Å². The van der Waals surface area contributed by atoms with Gasteiger partial charge in [0.2, 0.25) is 0 Å². The fraction of sp³-hybridized carbons (Fsp3) is 0.217. The minimum Gasteiger partial charge on any atom is -0.445 e. The lowest BCUT2D eigenvalue weighted by molar-refractivity contribution is 0.0728. The van der Waals surface area contributed by atoms with Gasteiger partial charge in [-0.25, -0.2) is 4.98 Å². The number of benzene rings is 1. The molecule has 1 aliphatic heterocycles. The third-order valence-corrected chi connectivity index (χ3v) is 5.35. The smallest absolute Gasteiger partial charge is 0.254 e. The molecule has 7 heteroatoms. The van der Waals surface area contributed by atoms with Crippen molar-refractivity contribution in [3.8, 4) is 11.1 Å². The molecule has 1 amide bonds. The van der Waals surface area contributed by atoms with Crippen LogP contribution >= 0.6 is 0 Å². The Morgan fingerprint density at radius 1 is 1.13 bits per heavy atom. The van der Waals surface area contributed by atoms with Crippen molar-refractivity contribution in [2.24, 2.45) is 0 Å². The molecule has 30 heavy (non-hydrogen) atoms. The first-order valence-electron chi connectivity index (χ1n) is 10.0. The van der Waals surface area contributed by atoms with Crippen LogP contribution in [0.1, 0.15) is 33.3 Å². The number of fused-ring (bicyclic) bond motifs is 1. The van der Waals surface area contributed by atoms with Crippen molar-refractivity contribution in [1.29, 1.82) is 0 Å². The molecule has 4 heterocycles. The largest absolute Gasteiger partial charge is 0.445 e. The molecule has 0 fully saturated rings. The number of amides is 1. The van der Waals surface area contributed by atoms with E-state index in [0.717, 1.165) is 46.9 Å². The highest BCUT2D eigenvalue weighted by Gasteiger charge is 2.26. The molecule has 1 aliphatic rings. The van der Waals surface area contributed by atoms with Gasteiger partial charge in [0.05, 0.1) is 12.7 Å². The van der Waals surface area contributed by atoms with E-state index >= 15 is 0 Å².